The zero-order valence-electron chi connectivity index (χ0n) is 9.98. The summed E-state index contributed by atoms with van der Waals surface area (Å²) in [4.78, 5) is 17.8. The summed E-state index contributed by atoms with van der Waals surface area (Å²) in [6, 6.07) is 3.49. The highest BCUT2D eigenvalue weighted by Gasteiger charge is 2.19. The van der Waals surface area contributed by atoms with Crippen LogP contribution in [0.4, 0.5) is 10.6 Å². The lowest BCUT2D eigenvalue weighted by atomic mass is 10.4. The number of carbonyl (C=O) groups excluding carboxylic acids is 1. The number of nitrogens with one attached hydrogen (secondary N) is 1. The minimum absolute atomic E-state index is 0.0952. The highest BCUT2D eigenvalue weighted by molar-refractivity contribution is 5.89. The topological polar surface area (TPSA) is 54.5 Å². The Morgan fingerprint density at radius 2 is 2.29 bits per heavy atom. The van der Waals surface area contributed by atoms with Gasteiger partial charge in [-0.2, -0.15) is 0 Å². The smallest absolute Gasteiger partial charge is 0.323 e. The van der Waals surface area contributed by atoms with Gasteiger partial charge < -0.3 is 9.64 Å². The van der Waals surface area contributed by atoms with E-state index in [9.17, 15) is 4.79 Å². The fraction of sp³-hybridized carbons (Fsp3) is 0.500. The monoisotopic (exact) mass is 235 g/mol. The highest BCUT2D eigenvalue weighted by Crippen LogP contribution is 2.21. The lowest BCUT2D eigenvalue weighted by Gasteiger charge is -2.17. The first-order valence-electron chi connectivity index (χ1n) is 5.95. The maximum Gasteiger partial charge on any atom is 0.323 e. The lowest BCUT2D eigenvalue weighted by molar-refractivity contribution is 0.222. The number of pyridine rings is 1. The molecule has 1 aliphatic heterocycles. The molecule has 5 nitrogen and oxygen atoms in total. The zero-order chi connectivity index (χ0) is 12.1. The summed E-state index contributed by atoms with van der Waals surface area (Å²) in [5.74, 6) is 1.11. The second-order valence-electron chi connectivity index (χ2n) is 3.91. The Kier molecular flexibility index (Phi) is 3.80. The molecule has 0 spiro atoms. The van der Waals surface area contributed by atoms with E-state index in [4.69, 9.17) is 4.74 Å². The molecule has 1 aromatic heterocycles. The summed E-state index contributed by atoms with van der Waals surface area (Å²) in [6.07, 6.45) is 3.80. The van der Waals surface area contributed by atoms with E-state index in [1.807, 2.05) is 6.92 Å². The number of ether oxygens (including phenoxy) is 1. The molecule has 17 heavy (non-hydrogen) atoms. The van der Waals surface area contributed by atoms with Crippen LogP contribution in [0.25, 0.3) is 0 Å². The van der Waals surface area contributed by atoms with Gasteiger partial charge >= 0.3 is 6.03 Å². The van der Waals surface area contributed by atoms with Gasteiger partial charge in [-0.15, -0.1) is 0 Å². The molecule has 1 fully saturated rings. The third kappa shape index (κ3) is 2.87. The van der Waals surface area contributed by atoms with Crippen LogP contribution in [0.5, 0.6) is 5.75 Å². The summed E-state index contributed by atoms with van der Waals surface area (Å²) < 4.78 is 5.40. The van der Waals surface area contributed by atoms with Crippen LogP contribution in [-0.2, 0) is 0 Å². The molecule has 0 aliphatic carbocycles. The number of rotatable bonds is 3. The predicted octanol–water partition coefficient (Wildman–Crippen LogP) is 2.11. The van der Waals surface area contributed by atoms with E-state index < -0.39 is 0 Å². The molecule has 5 heteroatoms. The van der Waals surface area contributed by atoms with Crippen molar-refractivity contribution in [2.24, 2.45) is 0 Å². The van der Waals surface area contributed by atoms with Gasteiger partial charge in [0.15, 0.2) is 11.6 Å². The maximum absolute atomic E-state index is 11.9. The van der Waals surface area contributed by atoms with Gasteiger partial charge in [-0.1, -0.05) is 0 Å². The molecule has 0 aromatic carbocycles. The molecule has 2 rings (SSSR count). The molecule has 1 saturated heterocycles. The number of likely N-dealkylation sites (tertiary alicyclic amines) is 1. The van der Waals surface area contributed by atoms with Crippen molar-refractivity contribution in [1.29, 1.82) is 0 Å². The summed E-state index contributed by atoms with van der Waals surface area (Å²) in [5, 5.41) is 2.79. The molecule has 0 bridgehead atoms. The maximum atomic E-state index is 11.9. The quantitative estimate of drug-likeness (QED) is 0.873. The Hall–Kier alpha value is -1.78. The van der Waals surface area contributed by atoms with Crippen molar-refractivity contribution in [3.8, 4) is 5.75 Å². The number of carbonyl (C=O) groups is 1. The van der Waals surface area contributed by atoms with Crippen LogP contribution in [0, 0.1) is 0 Å². The van der Waals surface area contributed by atoms with Crippen molar-refractivity contribution < 1.29 is 9.53 Å². The Labute approximate surface area is 101 Å². The standard InChI is InChI=1S/C12H17N3O2/c1-2-17-10-6-5-7-13-11(10)14-12(16)15-8-3-4-9-15/h5-7H,2-4,8-9H2,1H3,(H,13,14,16). The second kappa shape index (κ2) is 5.52. The third-order valence-electron chi connectivity index (χ3n) is 2.69. The molecule has 2 heterocycles. The minimum Gasteiger partial charge on any atom is -0.490 e. The van der Waals surface area contributed by atoms with Crippen molar-refractivity contribution in [3.05, 3.63) is 18.3 Å². The molecule has 2 amide bonds. The van der Waals surface area contributed by atoms with E-state index in [0.717, 1.165) is 25.9 Å². The zero-order valence-corrected chi connectivity index (χ0v) is 9.98. The number of aromatic nitrogens is 1. The van der Waals surface area contributed by atoms with Crippen LogP contribution in [0.15, 0.2) is 18.3 Å². The van der Waals surface area contributed by atoms with Crippen LogP contribution >= 0.6 is 0 Å². The van der Waals surface area contributed by atoms with E-state index in [1.165, 1.54) is 0 Å². The molecule has 0 saturated carbocycles. The van der Waals surface area contributed by atoms with Gasteiger partial charge in [0.05, 0.1) is 6.61 Å². The van der Waals surface area contributed by atoms with E-state index >= 15 is 0 Å². The second-order valence-corrected chi connectivity index (χ2v) is 3.91. The molecule has 92 valence electrons. The van der Waals surface area contributed by atoms with Gasteiger partial charge in [-0.25, -0.2) is 9.78 Å². The largest absolute Gasteiger partial charge is 0.490 e. The van der Waals surface area contributed by atoms with Gasteiger partial charge in [0.1, 0.15) is 0 Å². The fourth-order valence-corrected chi connectivity index (χ4v) is 1.86. The van der Waals surface area contributed by atoms with Crippen molar-refractivity contribution in [1.82, 2.24) is 9.88 Å². The SMILES string of the molecule is CCOc1cccnc1NC(=O)N1CCCC1. The first-order valence-corrected chi connectivity index (χ1v) is 5.95. The van der Waals surface area contributed by atoms with Crippen molar-refractivity contribution >= 4 is 11.8 Å². The van der Waals surface area contributed by atoms with Crippen molar-refractivity contribution in [2.45, 2.75) is 19.8 Å². The summed E-state index contributed by atoms with van der Waals surface area (Å²) in [5.41, 5.74) is 0. The molecular formula is C12H17N3O2. The summed E-state index contributed by atoms with van der Waals surface area (Å²) in [7, 11) is 0. The van der Waals surface area contributed by atoms with Crippen molar-refractivity contribution in [3.63, 3.8) is 0 Å². The molecule has 0 unspecified atom stereocenters. The van der Waals surface area contributed by atoms with E-state index in [2.05, 4.69) is 10.3 Å². The Bertz CT molecular complexity index is 389. The number of amides is 2. The van der Waals surface area contributed by atoms with Crippen LogP contribution < -0.4 is 10.1 Å². The van der Waals surface area contributed by atoms with Crippen LogP contribution in [0.2, 0.25) is 0 Å². The van der Waals surface area contributed by atoms with Crippen LogP contribution in [0.1, 0.15) is 19.8 Å². The minimum atomic E-state index is -0.0952. The molecule has 1 aliphatic rings. The number of hydrogen-bond acceptors (Lipinski definition) is 3. The number of urea groups is 1. The van der Waals surface area contributed by atoms with Gasteiger partial charge in [0, 0.05) is 19.3 Å². The average molecular weight is 235 g/mol. The van der Waals surface area contributed by atoms with Crippen LogP contribution in [-0.4, -0.2) is 35.6 Å². The predicted molar refractivity (Wildman–Crippen MR) is 65.2 cm³/mol. The van der Waals surface area contributed by atoms with Crippen molar-refractivity contribution in [2.75, 3.05) is 25.0 Å². The number of anilines is 1. The van der Waals surface area contributed by atoms with Gasteiger partial charge in [-0.05, 0) is 31.9 Å². The normalized spacial score (nSPS) is 14.8. The Balaban J connectivity index is 2.04. The van der Waals surface area contributed by atoms with E-state index in [-0.39, 0.29) is 6.03 Å². The van der Waals surface area contributed by atoms with Gasteiger partial charge in [-0.3, -0.25) is 5.32 Å². The lowest BCUT2D eigenvalue weighted by Crippen LogP contribution is -2.32. The first-order chi connectivity index (χ1) is 8.31. The Morgan fingerprint density at radius 3 is 3.00 bits per heavy atom. The number of hydrogen-bond donors (Lipinski definition) is 1. The van der Waals surface area contributed by atoms with Gasteiger partial charge in [0.25, 0.3) is 0 Å². The molecular weight excluding hydrogens is 218 g/mol. The van der Waals surface area contributed by atoms with Gasteiger partial charge in [0.2, 0.25) is 0 Å². The Morgan fingerprint density at radius 1 is 1.53 bits per heavy atom. The first kappa shape index (κ1) is 11.7. The van der Waals surface area contributed by atoms with E-state index in [1.54, 1.807) is 23.2 Å². The molecule has 1 N–H and O–H groups in total. The third-order valence-corrected chi connectivity index (χ3v) is 2.69. The van der Waals surface area contributed by atoms with E-state index in [0.29, 0.717) is 18.2 Å². The summed E-state index contributed by atoms with van der Waals surface area (Å²) in [6.45, 7) is 4.10. The summed E-state index contributed by atoms with van der Waals surface area (Å²) >= 11 is 0. The fourth-order valence-electron chi connectivity index (χ4n) is 1.86. The molecule has 0 radical (unpaired) electrons. The van der Waals surface area contributed by atoms with Crippen LogP contribution in [0.3, 0.4) is 0 Å². The molecule has 1 aromatic rings. The average Bonchev–Trinajstić information content (AvgIpc) is 2.85. The number of nitrogens with zero attached hydrogens (tertiary/aromatic N) is 2. The molecule has 0 atom stereocenters. The highest BCUT2D eigenvalue weighted by atomic mass is 16.5.